The molecule has 1 rings (SSSR count). The summed E-state index contributed by atoms with van der Waals surface area (Å²) >= 11 is 0. The highest BCUT2D eigenvalue weighted by Crippen LogP contribution is 2.07. The van der Waals surface area contributed by atoms with Gasteiger partial charge in [-0.2, -0.15) is 0 Å². The van der Waals surface area contributed by atoms with E-state index in [-0.39, 0.29) is 25.3 Å². The molecular weight excluding hydrogens is 452 g/mol. The third kappa shape index (κ3) is 9.99. The summed E-state index contributed by atoms with van der Waals surface area (Å²) in [6.45, 7) is 1.94. The molecule has 1 fully saturated rings. The van der Waals surface area contributed by atoms with E-state index < -0.39 is 66.3 Å². The van der Waals surface area contributed by atoms with Gasteiger partial charge in [0.25, 0.3) is 0 Å². The van der Waals surface area contributed by atoms with Gasteiger partial charge in [-0.15, -0.1) is 0 Å². The van der Waals surface area contributed by atoms with Crippen molar-refractivity contribution in [2.45, 2.75) is 69.3 Å². The highest BCUT2D eigenvalue weighted by atomic mass is 16.4. The van der Waals surface area contributed by atoms with Gasteiger partial charge < -0.3 is 48.7 Å². The Kier molecular flexibility index (Phi) is 11.7. The van der Waals surface area contributed by atoms with Crippen molar-refractivity contribution in [1.82, 2.24) is 21.3 Å². The number of carboxylic acid groups (broad SMARTS) is 1. The molecular formula is C19H34N8O7. The van der Waals surface area contributed by atoms with Crippen molar-refractivity contribution in [3.05, 3.63) is 0 Å². The fourth-order valence-corrected chi connectivity index (χ4v) is 3.28. The standard InChI is InChI=1S/C19H34N8O7/c1-9(28)14(18(33)34)27-16(31)11(5-3-7-24-19(21)22)25-17(32)12(8-13(20)29)26-15(30)10-4-2-6-23-10/h9-12,14,23,28H,2-8H2,1H3,(H2,20,29)(H,25,32)(H,26,30)(H,27,31)(H,33,34)(H4,21,22,24). The summed E-state index contributed by atoms with van der Waals surface area (Å²) in [4.78, 5) is 64.6. The number of aliphatic hydroxyl groups is 1. The molecule has 0 aliphatic carbocycles. The van der Waals surface area contributed by atoms with E-state index in [1.54, 1.807) is 0 Å². The number of aliphatic imine (C=N–C) groups is 1. The van der Waals surface area contributed by atoms with Crippen LogP contribution in [0.3, 0.4) is 0 Å². The number of carbonyl (C=O) groups is 5. The number of guanidine groups is 1. The molecule has 0 spiro atoms. The lowest BCUT2D eigenvalue weighted by Crippen LogP contribution is -2.58. The second kappa shape index (κ2) is 13.9. The Morgan fingerprint density at radius 3 is 2.21 bits per heavy atom. The molecule has 1 heterocycles. The van der Waals surface area contributed by atoms with Crippen LogP contribution in [-0.2, 0) is 24.0 Å². The van der Waals surface area contributed by atoms with Gasteiger partial charge in [0, 0.05) is 6.54 Å². The zero-order chi connectivity index (χ0) is 25.8. The first-order valence-electron chi connectivity index (χ1n) is 10.8. The average Bonchev–Trinajstić information content (AvgIpc) is 3.27. The Labute approximate surface area is 196 Å². The number of hydrogen-bond acceptors (Lipinski definition) is 8. The summed E-state index contributed by atoms with van der Waals surface area (Å²) in [5.41, 5.74) is 15.7. The van der Waals surface area contributed by atoms with E-state index in [0.717, 1.165) is 6.42 Å². The third-order valence-corrected chi connectivity index (χ3v) is 5.04. The fraction of sp³-hybridized carbons (Fsp3) is 0.684. The van der Waals surface area contributed by atoms with Crippen LogP contribution in [0.1, 0.15) is 39.0 Å². The number of carbonyl (C=O) groups excluding carboxylic acids is 4. The first-order valence-corrected chi connectivity index (χ1v) is 10.8. The summed E-state index contributed by atoms with van der Waals surface area (Å²) in [5.74, 6) is -4.75. The number of nitrogens with two attached hydrogens (primary N) is 3. The molecule has 15 nitrogen and oxygen atoms in total. The smallest absolute Gasteiger partial charge is 0.328 e. The van der Waals surface area contributed by atoms with Crippen molar-refractivity contribution in [3.8, 4) is 0 Å². The minimum absolute atomic E-state index is 0.0120. The number of nitrogens with one attached hydrogen (secondary N) is 4. The molecule has 5 unspecified atom stereocenters. The van der Waals surface area contributed by atoms with Gasteiger partial charge in [0.15, 0.2) is 12.0 Å². The molecule has 0 aromatic carbocycles. The van der Waals surface area contributed by atoms with Crippen LogP contribution in [-0.4, -0.2) is 89.1 Å². The van der Waals surface area contributed by atoms with E-state index >= 15 is 0 Å². The summed E-state index contributed by atoms with van der Waals surface area (Å²) in [6, 6.07) is -4.78. The normalized spacial score (nSPS) is 18.6. The average molecular weight is 487 g/mol. The molecule has 1 aliphatic rings. The molecule has 12 N–H and O–H groups in total. The molecule has 5 atom stereocenters. The second-order valence-corrected chi connectivity index (χ2v) is 7.96. The fourth-order valence-electron chi connectivity index (χ4n) is 3.28. The van der Waals surface area contributed by atoms with Gasteiger partial charge in [-0.25, -0.2) is 4.79 Å². The van der Waals surface area contributed by atoms with Gasteiger partial charge >= 0.3 is 5.97 Å². The van der Waals surface area contributed by atoms with Crippen molar-refractivity contribution < 1.29 is 34.2 Å². The Bertz CT molecular complexity index is 779. The van der Waals surface area contributed by atoms with E-state index in [9.17, 15) is 34.2 Å². The SMILES string of the molecule is CC(O)C(NC(=O)C(CCCN=C(N)N)NC(=O)C(CC(N)=O)NC(=O)C1CCCN1)C(=O)O. The topological polar surface area (TPSA) is 264 Å². The lowest BCUT2D eigenvalue weighted by atomic mass is 10.1. The van der Waals surface area contributed by atoms with Crippen molar-refractivity contribution in [2.24, 2.45) is 22.2 Å². The van der Waals surface area contributed by atoms with E-state index in [1.165, 1.54) is 6.92 Å². The summed E-state index contributed by atoms with van der Waals surface area (Å²) in [5, 5.41) is 28.8. The molecule has 4 amide bonds. The van der Waals surface area contributed by atoms with Gasteiger partial charge in [0.05, 0.1) is 18.6 Å². The van der Waals surface area contributed by atoms with Gasteiger partial charge in [-0.1, -0.05) is 0 Å². The van der Waals surface area contributed by atoms with Crippen LogP contribution in [0.5, 0.6) is 0 Å². The van der Waals surface area contributed by atoms with Crippen LogP contribution in [0.25, 0.3) is 0 Å². The molecule has 192 valence electrons. The van der Waals surface area contributed by atoms with Gasteiger partial charge in [-0.3, -0.25) is 24.2 Å². The van der Waals surface area contributed by atoms with Crippen LogP contribution in [0.2, 0.25) is 0 Å². The first kappa shape index (κ1) is 28.6. The second-order valence-electron chi connectivity index (χ2n) is 7.96. The highest BCUT2D eigenvalue weighted by molar-refractivity contribution is 5.96. The minimum atomic E-state index is -1.63. The monoisotopic (exact) mass is 486 g/mol. The number of carboxylic acids is 1. The number of amides is 4. The molecule has 0 aromatic heterocycles. The maximum Gasteiger partial charge on any atom is 0.328 e. The van der Waals surface area contributed by atoms with E-state index in [4.69, 9.17) is 17.2 Å². The molecule has 0 bridgehead atoms. The van der Waals surface area contributed by atoms with E-state index in [1.807, 2.05) is 0 Å². The number of primary amides is 1. The first-order chi connectivity index (χ1) is 15.9. The lowest BCUT2D eigenvalue weighted by Gasteiger charge is -2.25. The Balaban J connectivity index is 2.97. The van der Waals surface area contributed by atoms with Crippen LogP contribution < -0.4 is 38.5 Å². The molecule has 1 aliphatic heterocycles. The summed E-state index contributed by atoms with van der Waals surface area (Å²) in [6.07, 6.45) is -0.388. The molecule has 0 radical (unpaired) electrons. The van der Waals surface area contributed by atoms with Gasteiger partial charge in [0.1, 0.15) is 12.1 Å². The van der Waals surface area contributed by atoms with Crippen LogP contribution in [0.4, 0.5) is 0 Å². The Morgan fingerprint density at radius 1 is 1.06 bits per heavy atom. The number of aliphatic carboxylic acids is 1. The van der Waals surface area contributed by atoms with E-state index in [0.29, 0.717) is 13.0 Å². The number of aliphatic hydroxyl groups excluding tert-OH is 1. The maximum absolute atomic E-state index is 12.9. The summed E-state index contributed by atoms with van der Waals surface area (Å²) < 4.78 is 0. The number of nitrogens with zero attached hydrogens (tertiary/aromatic N) is 1. The molecule has 1 saturated heterocycles. The zero-order valence-electron chi connectivity index (χ0n) is 19.0. The van der Waals surface area contributed by atoms with Crippen molar-refractivity contribution in [1.29, 1.82) is 0 Å². The maximum atomic E-state index is 12.9. The van der Waals surface area contributed by atoms with Crippen molar-refractivity contribution >= 4 is 35.6 Å². The minimum Gasteiger partial charge on any atom is -0.480 e. The molecule has 15 heteroatoms. The summed E-state index contributed by atoms with van der Waals surface area (Å²) in [7, 11) is 0. The molecule has 0 saturated carbocycles. The van der Waals surface area contributed by atoms with Crippen LogP contribution in [0, 0.1) is 0 Å². The lowest BCUT2D eigenvalue weighted by molar-refractivity contribution is -0.145. The Hall–Kier alpha value is -3.46. The molecule has 0 aromatic rings. The van der Waals surface area contributed by atoms with Crippen molar-refractivity contribution in [2.75, 3.05) is 13.1 Å². The van der Waals surface area contributed by atoms with Gasteiger partial charge in [-0.05, 0) is 39.2 Å². The highest BCUT2D eigenvalue weighted by Gasteiger charge is 2.33. The van der Waals surface area contributed by atoms with Crippen LogP contribution >= 0.6 is 0 Å². The predicted molar refractivity (Wildman–Crippen MR) is 120 cm³/mol. The number of hydrogen-bond donors (Lipinski definition) is 9. The zero-order valence-corrected chi connectivity index (χ0v) is 19.0. The largest absolute Gasteiger partial charge is 0.480 e. The van der Waals surface area contributed by atoms with E-state index in [2.05, 4.69) is 26.3 Å². The van der Waals surface area contributed by atoms with Crippen LogP contribution in [0.15, 0.2) is 4.99 Å². The Morgan fingerprint density at radius 2 is 1.71 bits per heavy atom. The number of rotatable bonds is 14. The predicted octanol–water partition coefficient (Wildman–Crippen LogP) is -4.41. The molecule has 34 heavy (non-hydrogen) atoms. The van der Waals surface area contributed by atoms with Gasteiger partial charge in [0.2, 0.25) is 23.6 Å². The third-order valence-electron chi connectivity index (χ3n) is 5.04. The quantitative estimate of drug-likeness (QED) is 0.0646. The van der Waals surface area contributed by atoms with Crippen molar-refractivity contribution in [3.63, 3.8) is 0 Å².